The van der Waals surface area contributed by atoms with Crippen LogP contribution in [0.4, 0.5) is 5.69 Å². The molecule has 3 aromatic rings. The Labute approximate surface area is 164 Å². The maximum Gasteiger partial charge on any atom is 0.235 e. The standard InChI is InChI=1S/C23H24N2O3/c1-27-17-9-7-16(8-10-17)23(13-3-4-14-23)22(26)25-19-11-12-20(28-2)21-18(19)6-5-15-24-21/h5-12,15H,3-4,13-14H2,1-2H3,(H,25,26). The van der Waals surface area contributed by atoms with Crippen molar-refractivity contribution in [2.45, 2.75) is 31.1 Å². The fourth-order valence-electron chi connectivity index (χ4n) is 4.20. The van der Waals surface area contributed by atoms with Gasteiger partial charge in [-0.05, 0) is 54.8 Å². The number of carbonyl (C=O) groups excluding carboxylic acids is 1. The molecule has 4 rings (SSSR count). The Balaban J connectivity index is 1.70. The van der Waals surface area contributed by atoms with E-state index in [2.05, 4.69) is 10.3 Å². The van der Waals surface area contributed by atoms with E-state index in [1.807, 2.05) is 48.5 Å². The largest absolute Gasteiger partial charge is 0.497 e. The van der Waals surface area contributed by atoms with Gasteiger partial charge < -0.3 is 14.8 Å². The number of fused-ring (bicyclic) bond motifs is 1. The summed E-state index contributed by atoms with van der Waals surface area (Å²) in [7, 11) is 3.27. The van der Waals surface area contributed by atoms with Gasteiger partial charge in [0.25, 0.3) is 0 Å². The average molecular weight is 376 g/mol. The van der Waals surface area contributed by atoms with Crippen LogP contribution >= 0.6 is 0 Å². The first-order valence-corrected chi connectivity index (χ1v) is 9.56. The molecule has 1 aliphatic rings. The third-order valence-electron chi connectivity index (χ3n) is 5.74. The number of amides is 1. The monoisotopic (exact) mass is 376 g/mol. The van der Waals surface area contributed by atoms with Gasteiger partial charge >= 0.3 is 0 Å². The van der Waals surface area contributed by atoms with Gasteiger partial charge in [0.05, 0.1) is 25.3 Å². The molecule has 1 heterocycles. The van der Waals surface area contributed by atoms with Gasteiger partial charge in [-0.3, -0.25) is 9.78 Å². The number of ether oxygens (including phenoxy) is 2. The van der Waals surface area contributed by atoms with Crippen LogP contribution in [0.25, 0.3) is 10.9 Å². The molecule has 1 aliphatic carbocycles. The first kappa shape index (κ1) is 18.3. The molecular weight excluding hydrogens is 352 g/mol. The van der Waals surface area contributed by atoms with E-state index in [0.717, 1.165) is 53.6 Å². The molecule has 1 N–H and O–H groups in total. The third kappa shape index (κ3) is 3.07. The molecule has 0 bridgehead atoms. The highest BCUT2D eigenvalue weighted by molar-refractivity contribution is 6.06. The Morgan fingerprint density at radius 1 is 1.00 bits per heavy atom. The Morgan fingerprint density at radius 3 is 2.43 bits per heavy atom. The van der Waals surface area contributed by atoms with Crippen LogP contribution in [0.3, 0.4) is 0 Å². The molecule has 1 saturated carbocycles. The minimum atomic E-state index is -0.513. The van der Waals surface area contributed by atoms with E-state index in [1.54, 1.807) is 20.4 Å². The molecule has 1 fully saturated rings. The van der Waals surface area contributed by atoms with Gasteiger partial charge in [0, 0.05) is 11.6 Å². The topological polar surface area (TPSA) is 60.5 Å². The Hall–Kier alpha value is -3.08. The lowest BCUT2D eigenvalue weighted by atomic mass is 9.78. The Bertz CT molecular complexity index is 992. The molecule has 0 radical (unpaired) electrons. The summed E-state index contributed by atoms with van der Waals surface area (Å²) < 4.78 is 10.7. The Kier molecular flexibility index (Phi) is 4.90. The SMILES string of the molecule is COc1ccc(C2(C(=O)Nc3ccc(OC)c4ncccc34)CCCC2)cc1. The van der Waals surface area contributed by atoms with Crippen molar-refractivity contribution in [3.8, 4) is 11.5 Å². The molecule has 144 valence electrons. The number of pyridine rings is 1. The lowest BCUT2D eigenvalue weighted by Gasteiger charge is -2.29. The van der Waals surface area contributed by atoms with Crippen molar-refractivity contribution in [1.29, 1.82) is 0 Å². The van der Waals surface area contributed by atoms with Crippen molar-refractivity contribution in [2.24, 2.45) is 0 Å². The normalized spacial score (nSPS) is 15.4. The number of hydrogen-bond acceptors (Lipinski definition) is 4. The fraction of sp³-hybridized carbons (Fsp3) is 0.304. The third-order valence-corrected chi connectivity index (χ3v) is 5.74. The highest BCUT2D eigenvalue weighted by Crippen LogP contribution is 2.43. The number of carbonyl (C=O) groups is 1. The second-order valence-corrected chi connectivity index (χ2v) is 7.19. The molecule has 0 saturated heterocycles. The quantitative estimate of drug-likeness (QED) is 0.701. The van der Waals surface area contributed by atoms with Crippen molar-refractivity contribution in [1.82, 2.24) is 4.98 Å². The number of hydrogen-bond donors (Lipinski definition) is 1. The van der Waals surface area contributed by atoms with E-state index in [4.69, 9.17) is 9.47 Å². The number of methoxy groups -OCH3 is 2. The van der Waals surface area contributed by atoms with Gasteiger partial charge in [-0.15, -0.1) is 0 Å². The summed E-state index contributed by atoms with van der Waals surface area (Å²) in [4.78, 5) is 17.9. The number of benzene rings is 2. The van der Waals surface area contributed by atoms with Crippen LogP contribution in [0.5, 0.6) is 11.5 Å². The number of anilines is 1. The predicted octanol–water partition coefficient (Wildman–Crippen LogP) is 4.70. The second kappa shape index (κ2) is 7.50. The van der Waals surface area contributed by atoms with Gasteiger partial charge in [0.2, 0.25) is 5.91 Å². The zero-order valence-electron chi connectivity index (χ0n) is 16.2. The van der Waals surface area contributed by atoms with E-state index >= 15 is 0 Å². The molecular formula is C23H24N2O3. The number of nitrogens with zero attached hydrogens (tertiary/aromatic N) is 1. The summed E-state index contributed by atoms with van der Waals surface area (Å²) in [5.41, 5.74) is 2.03. The van der Waals surface area contributed by atoms with Crippen LogP contribution in [0, 0.1) is 0 Å². The summed E-state index contributed by atoms with van der Waals surface area (Å²) >= 11 is 0. The molecule has 1 aromatic heterocycles. The zero-order chi connectivity index (χ0) is 19.6. The first-order chi connectivity index (χ1) is 13.7. The number of rotatable bonds is 5. The second-order valence-electron chi connectivity index (χ2n) is 7.19. The van der Waals surface area contributed by atoms with E-state index < -0.39 is 5.41 Å². The molecule has 28 heavy (non-hydrogen) atoms. The van der Waals surface area contributed by atoms with Gasteiger partial charge in [0.15, 0.2) is 0 Å². The molecule has 2 aromatic carbocycles. The number of nitrogens with one attached hydrogen (secondary N) is 1. The Morgan fingerprint density at radius 2 is 1.75 bits per heavy atom. The number of aromatic nitrogens is 1. The predicted molar refractivity (Wildman–Crippen MR) is 110 cm³/mol. The van der Waals surface area contributed by atoms with Crippen LogP contribution in [0.2, 0.25) is 0 Å². The van der Waals surface area contributed by atoms with Crippen LogP contribution in [0.1, 0.15) is 31.2 Å². The van der Waals surface area contributed by atoms with Gasteiger partial charge in [0.1, 0.15) is 17.0 Å². The fourth-order valence-corrected chi connectivity index (χ4v) is 4.20. The summed E-state index contributed by atoms with van der Waals surface area (Å²) in [5, 5.41) is 4.05. The average Bonchev–Trinajstić information content (AvgIpc) is 3.25. The van der Waals surface area contributed by atoms with Crippen molar-refractivity contribution in [3.05, 3.63) is 60.3 Å². The molecule has 0 spiro atoms. The van der Waals surface area contributed by atoms with Crippen molar-refractivity contribution >= 4 is 22.5 Å². The molecule has 0 atom stereocenters. The van der Waals surface area contributed by atoms with Gasteiger partial charge in [-0.1, -0.05) is 25.0 Å². The minimum Gasteiger partial charge on any atom is -0.497 e. The summed E-state index contributed by atoms with van der Waals surface area (Å²) in [6, 6.07) is 15.4. The van der Waals surface area contributed by atoms with E-state index in [0.29, 0.717) is 5.75 Å². The van der Waals surface area contributed by atoms with Crippen LogP contribution in [-0.2, 0) is 10.2 Å². The van der Waals surface area contributed by atoms with Crippen LogP contribution < -0.4 is 14.8 Å². The first-order valence-electron chi connectivity index (χ1n) is 9.56. The molecule has 5 heteroatoms. The molecule has 5 nitrogen and oxygen atoms in total. The van der Waals surface area contributed by atoms with Crippen molar-refractivity contribution in [3.63, 3.8) is 0 Å². The minimum absolute atomic E-state index is 0.0329. The highest BCUT2D eigenvalue weighted by Gasteiger charge is 2.42. The lowest BCUT2D eigenvalue weighted by molar-refractivity contribution is -0.121. The smallest absolute Gasteiger partial charge is 0.235 e. The van der Waals surface area contributed by atoms with Crippen LogP contribution in [0.15, 0.2) is 54.7 Å². The maximum absolute atomic E-state index is 13.5. The van der Waals surface area contributed by atoms with Gasteiger partial charge in [-0.25, -0.2) is 0 Å². The van der Waals surface area contributed by atoms with Gasteiger partial charge in [-0.2, -0.15) is 0 Å². The van der Waals surface area contributed by atoms with E-state index in [1.165, 1.54) is 0 Å². The highest BCUT2D eigenvalue weighted by atomic mass is 16.5. The van der Waals surface area contributed by atoms with E-state index in [9.17, 15) is 4.79 Å². The van der Waals surface area contributed by atoms with Crippen LogP contribution in [-0.4, -0.2) is 25.1 Å². The lowest BCUT2D eigenvalue weighted by Crippen LogP contribution is -2.38. The van der Waals surface area contributed by atoms with Crippen molar-refractivity contribution < 1.29 is 14.3 Å². The van der Waals surface area contributed by atoms with E-state index in [-0.39, 0.29) is 5.91 Å². The summed E-state index contributed by atoms with van der Waals surface area (Å²) in [6.45, 7) is 0. The van der Waals surface area contributed by atoms with Crippen molar-refractivity contribution in [2.75, 3.05) is 19.5 Å². The molecule has 1 amide bonds. The summed E-state index contributed by atoms with van der Waals surface area (Å²) in [6.07, 6.45) is 5.51. The molecule has 0 unspecified atom stereocenters. The maximum atomic E-state index is 13.5. The summed E-state index contributed by atoms with van der Waals surface area (Å²) in [5.74, 6) is 1.52. The molecule has 0 aliphatic heterocycles. The zero-order valence-corrected chi connectivity index (χ0v) is 16.2.